The number of H-pyrrole nitrogens is 1. The Morgan fingerprint density at radius 2 is 2.16 bits per heavy atom. The molecule has 0 aliphatic rings. The third-order valence-electron chi connectivity index (χ3n) is 3.28. The van der Waals surface area contributed by atoms with Gasteiger partial charge in [-0.15, -0.1) is 12.6 Å². The molecule has 0 spiro atoms. The fraction of sp³-hybridized carbons (Fsp3) is 0.0714. The minimum Gasteiger partial charge on any atom is -0.497 e. The van der Waals surface area contributed by atoms with Crippen molar-refractivity contribution in [3.05, 3.63) is 36.7 Å². The molecule has 19 heavy (non-hydrogen) atoms. The first kappa shape index (κ1) is 12.2. The van der Waals surface area contributed by atoms with Gasteiger partial charge in [0.15, 0.2) is 0 Å². The molecule has 1 N–H and O–H groups in total. The van der Waals surface area contributed by atoms with Crippen molar-refractivity contribution < 1.29 is 4.74 Å². The summed E-state index contributed by atoms with van der Waals surface area (Å²) in [7, 11) is 3.69. The number of nitrogens with zero attached hydrogens (tertiary/aromatic N) is 1. The molecule has 1 aromatic carbocycles. The van der Waals surface area contributed by atoms with E-state index in [0.29, 0.717) is 0 Å². The van der Waals surface area contributed by atoms with Crippen LogP contribution in [-0.2, 0) is 0 Å². The summed E-state index contributed by atoms with van der Waals surface area (Å²) in [5.74, 6) is 0.846. The first-order valence-electron chi connectivity index (χ1n) is 6.01. The zero-order valence-corrected chi connectivity index (χ0v) is 11.7. The van der Waals surface area contributed by atoms with E-state index in [-0.39, 0.29) is 0 Å². The van der Waals surface area contributed by atoms with Gasteiger partial charge in [-0.3, -0.25) is 0 Å². The van der Waals surface area contributed by atoms with E-state index >= 15 is 0 Å². The van der Waals surface area contributed by atoms with Crippen LogP contribution in [0, 0.1) is 0 Å². The number of aromatic nitrogens is 2. The Morgan fingerprint density at radius 3 is 2.84 bits per heavy atom. The smallest absolute Gasteiger partial charge is 0.147 e. The quantitative estimate of drug-likeness (QED) is 0.549. The van der Waals surface area contributed by atoms with Crippen molar-refractivity contribution in [1.82, 2.24) is 9.97 Å². The van der Waals surface area contributed by atoms with Gasteiger partial charge in [0.2, 0.25) is 0 Å². The number of benzene rings is 1. The zero-order valence-electron chi connectivity index (χ0n) is 10.8. The highest BCUT2D eigenvalue weighted by molar-refractivity contribution is 7.80. The molecule has 3 nitrogen and oxygen atoms in total. The maximum absolute atomic E-state index is 5.35. The second-order valence-corrected chi connectivity index (χ2v) is 4.90. The Bertz CT molecular complexity index is 741. The lowest BCUT2D eigenvalue weighted by atomic mass is 9.91. The van der Waals surface area contributed by atoms with Crippen LogP contribution >= 0.6 is 12.6 Å². The number of rotatable bonds is 2. The number of methoxy groups -OCH3 is 1. The second-order valence-electron chi connectivity index (χ2n) is 4.42. The van der Waals surface area contributed by atoms with Crippen molar-refractivity contribution >= 4 is 36.8 Å². The normalized spacial score (nSPS) is 10.8. The van der Waals surface area contributed by atoms with E-state index in [1.165, 1.54) is 0 Å². The minimum atomic E-state index is 0.846. The molecule has 0 aliphatic carbocycles. The SMILES string of the molecule is Bc1c(OC)ccc2c(S)cc(-c3cc[nH]c3)nc12. The molecule has 0 aliphatic heterocycles. The Balaban J connectivity index is 2.32. The molecule has 0 unspecified atom stereocenters. The Labute approximate surface area is 117 Å². The largest absolute Gasteiger partial charge is 0.497 e. The van der Waals surface area contributed by atoms with E-state index in [9.17, 15) is 0 Å². The van der Waals surface area contributed by atoms with Gasteiger partial charge in [0.1, 0.15) is 13.6 Å². The number of pyridine rings is 1. The molecule has 0 saturated carbocycles. The van der Waals surface area contributed by atoms with Crippen molar-refractivity contribution in [3.8, 4) is 17.0 Å². The maximum Gasteiger partial charge on any atom is 0.147 e. The van der Waals surface area contributed by atoms with Gasteiger partial charge in [-0.2, -0.15) is 0 Å². The Hall–Kier alpha value is -1.88. The van der Waals surface area contributed by atoms with E-state index in [1.54, 1.807) is 7.11 Å². The molecular formula is C14H13BN2OS. The van der Waals surface area contributed by atoms with Crippen LogP contribution in [-0.4, -0.2) is 24.9 Å². The predicted molar refractivity (Wildman–Crippen MR) is 83.5 cm³/mol. The molecule has 0 fully saturated rings. The number of nitrogens with one attached hydrogen (secondary N) is 1. The summed E-state index contributed by atoms with van der Waals surface area (Å²) < 4.78 is 5.35. The Morgan fingerprint density at radius 1 is 1.32 bits per heavy atom. The molecular weight excluding hydrogens is 255 g/mol. The predicted octanol–water partition coefficient (Wildman–Crippen LogP) is 1.79. The molecule has 5 heteroatoms. The van der Waals surface area contributed by atoms with Crippen LogP contribution in [0.15, 0.2) is 41.6 Å². The molecule has 3 rings (SSSR count). The van der Waals surface area contributed by atoms with E-state index in [0.717, 1.165) is 38.3 Å². The highest BCUT2D eigenvalue weighted by Crippen LogP contribution is 2.27. The summed E-state index contributed by atoms with van der Waals surface area (Å²) in [6.45, 7) is 0. The molecule has 0 bridgehead atoms. The maximum atomic E-state index is 5.35. The van der Waals surface area contributed by atoms with E-state index < -0.39 is 0 Å². The summed E-state index contributed by atoms with van der Waals surface area (Å²) in [5.41, 5.74) is 3.94. The van der Waals surface area contributed by atoms with Gasteiger partial charge in [-0.1, -0.05) is 0 Å². The lowest BCUT2D eigenvalue weighted by molar-refractivity contribution is 0.418. The van der Waals surface area contributed by atoms with Gasteiger partial charge in [0.05, 0.1) is 18.3 Å². The average Bonchev–Trinajstić information content (AvgIpc) is 2.94. The molecule has 3 aromatic rings. The van der Waals surface area contributed by atoms with Crippen molar-refractivity contribution in [2.75, 3.05) is 7.11 Å². The number of hydrogen-bond donors (Lipinski definition) is 2. The highest BCUT2D eigenvalue weighted by atomic mass is 32.1. The van der Waals surface area contributed by atoms with Gasteiger partial charge in [-0.25, -0.2) is 4.98 Å². The summed E-state index contributed by atoms with van der Waals surface area (Å²) in [4.78, 5) is 8.70. The Kier molecular flexibility index (Phi) is 2.99. The highest BCUT2D eigenvalue weighted by Gasteiger charge is 2.10. The first-order chi connectivity index (χ1) is 9.20. The number of fused-ring (bicyclic) bond motifs is 1. The van der Waals surface area contributed by atoms with Crippen molar-refractivity contribution in [3.63, 3.8) is 0 Å². The summed E-state index contributed by atoms with van der Waals surface area (Å²) >= 11 is 4.57. The topological polar surface area (TPSA) is 37.9 Å². The number of thiol groups is 1. The van der Waals surface area contributed by atoms with Gasteiger partial charge in [0.25, 0.3) is 0 Å². The lowest BCUT2D eigenvalue weighted by Gasteiger charge is -2.10. The van der Waals surface area contributed by atoms with Crippen molar-refractivity contribution in [1.29, 1.82) is 0 Å². The standard InChI is InChI=1S/C14H13BN2OS/c1-18-11-3-2-9-12(19)6-10(8-4-5-16-7-8)17-14(9)13(11)15/h2-7,16H,15H2,1H3,(H,17,19). The van der Waals surface area contributed by atoms with Gasteiger partial charge in [0, 0.05) is 28.2 Å². The van der Waals surface area contributed by atoms with Crippen molar-refractivity contribution in [2.45, 2.75) is 4.90 Å². The number of hydrogen-bond acceptors (Lipinski definition) is 3. The average molecular weight is 268 g/mol. The molecule has 2 heterocycles. The summed E-state index contributed by atoms with van der Waals surface area (Å²) in [6.07, 6.45) is 3.81. The minimum absolute atomic E-state index is 0.846. The van der Waals surface area contributed by atoms with Crippen LogP contribution in [0.5, 0.6) is 5.75 Å². The monoisotopic (exact) mass is 268 g/mol. The zero-order chi connectivity index (χ0) is 13.4. The fourth-order valence-corrected chi connectivity index (χ4v) is 2.55. The first-order valence-corrected chi connectivity index (χ1v) is 6.46. The third-order valence-corrected chi connectivity index (χ3v) is 3.65. The van der Waals surface area contributed by atoms with Crippen LogP contribution in [0.25, 0.3) is 22.2 Å². The van der Waals surface area contributed by atoms with Crippen LogP contribution in [0.4, 0.5) is 0 Å². The lowest BCUT2D eigenvalue weighted by Crippen LogP contribution is -2.10. The molecule has 0 amide bonds. The number of ether oxygens (including phenoxy) is 1. The molecule has 94 valence electrons. The molecule has 2 aromatic heterocycles. The van der Waals surface area contributed by atoms with Crippen LogP contribution < -0.4 is 10.2 Å². The molecule has 0 atom stereocenters. The van der Waals surface area contributed by atoms with E-state index in [1.807, 2.05) is 44.5 Å². The fourth-order valence-electron chi connectivity index (χ4n) is 2.24. The second kappa shape index (κ2) is 4.66. The van der Waals surface area contributed by atoms with E-state index in [2.05, 4.69) is 17.6 Å². The van der Waals surface area contributed by atoms with E-state index in [4.69, 9.17) is 9.72 Å². The molecule has 0 saturated heterocycles. The van der Waals surface area contributed by atoms with Gasteiger partial charge in [-0.05, 0) is 29.7 Å². The van der Waals surface area contributed by atoms with Crippen molar-refractivity contribution in [2.24, 2.45) is 0 Å². The third kappa shape index (κ3) is 2.00. The van der Waals surface area contributed by atoms with Gasteiger partial charge >= 0.3 is 0 Å². The van der Waals surface area contributed by atoms with Crippen LogP contribution in [0.2, 0.25) is 0 Å². The van der Waals surface area contributed by atoms with Gasteiger partial charge < -0.3 is 9.72 Å². The summed E-state index contributed by atoms with van der Waals surface area (Å²) in [6, 6.07) is 7.93. The summed E-state index contributed by atoms with van der Waals surface area (Å²) in [5, 5.41) is 1.04. The van der Waals surface area contributed by atoms with Crippen LogP contribution in [0.3, 0.4) is 0 Å². The molecule has 0 radical (unpaired) electrons. The van der Waals surface area contributed by atoms with Crippen LogP contribution in [0.1, 0.15) is 0 Å². The number of aromatic amines is 1.